The van der Waals surface area contributed by atoms with Gasteiger partial charge < -0.3 is 14.7 Å². The summed E-state index contributed by atoms with van der Waals surface area (Å²) in [6.45, 7) is 1.16. The Labute approximate surface area is 164 Å². The molecule has 0 bridgehead atoms. The topological polar surface area (TPSA) is 87.2 Å². The van der Waals surface area contributed by atoms with Gasteiger partial charge in [0.05, 0.1) is 12.0 Å². The van der Waals surface area contributed by atoms with Crippen LogP contribution in [0.15, 0.2) is 59.5 Å². The molecule has 28 heavy (non-hydrogen) atoms. The summed E-state index contributed by atoms with van der Waals surface area (Å²) in [6.07, 6.45) is 3.07. The van der Waals surface area contributed by atoms with Crippen LogP contribution in [0.25, 0.3) is 6.08 Å². The highest BCUT2D eigenvalue weighted by molar-refractivity contribution is 7.89. The van der Waals surface area contributed by atoms with E-state index in [1.807, 2.05) is 0 Å². The predicted molar refractivity (Wildman–Crippen MR) is 105 cm³/mol. The van der Waals surface area contributed by atoms with Gasteiger partial charge in [0.15, 0.2) is 11.5 Å². The van der Waals surface area contributed by atoms with Gasteiger partial charge in [-0.2, -0.15) is 4.31 Å². The number of benzene rings is 2. The number of amides is 1. The Balaban J connectivity index is 1.61. The van der Waals surface area contributed by atoms with Crippen LogP contribution < -0.4 is 4.74 Å². The predicted octanol–water partition coefficient (Wildman–Crippen LogP) is 1.95. The van der Waals surface area contributed by atoms with E-state index in [1.165, 1.54) is 23.6 Å². The first-order chi connectivity index (χ1) is 13.4. The van der Waals surface area contributed by atoms with Crippen molar-refractivity contribution in [3.63, 3.8) is 0 Å². The molecule has 1 amide bonds. The second-order valence-electron chi connectivity index (χ2n) is 6.31. The molecule has 1 aliphatic heterocycles. The van der Waals surface area contributed by atoms with Crippen LogP contribution in [-0.2, 0) is 14.8 Å². The number of aromatic hydroxyl groups is 1. The highest BCUT2D eigenvalue weighted by Gasteiger charge is 2.29. The molecule has 0 unspecified atom stereocenters. The summed E-state index contributed by atoms with van der Waals surface area (Å²) in [5.74, 6) is 0.167. The molecular formula is C20H22N2O5S. The fourth-order valence-corrected chi connectivity index (χ4v) is 4.40. The van der Waals surface area contributed by atoms with Crippen LogP contribution in [0.3, 0.4) is 0 Å². The molecule has 7 nitrogen and oxygen atoms in total. The molecule has 3 rings (SSSR count). The summed E-state index contributed by atoms with van der Waals surface area (Å²) in [4.78, 5) is 14.3. The van der Waals surface area contributed by atoms with Crippen LogP contribution in [0.5, 0.6) is 11.5 Å². The molecule has 2 aromatic rings. The van der Waals surface area contributed by atoms with Crippen molar-refractivity contribution in [2.75, 3.05) is 33.3 Å². The maximum Gasteiger partial charge on any atom is 0.246 e. The monoisotopic (exact) mass is 402 g/mol. The van der Waals surface area contributed by atoms with Gasteiger partial charge in [0.1, 0.15) is 0 Å². The maximum absolute atomic E-state index is 12.6. The number of rotatable bonds is 5. The van der Waals surface area contributed by atoms with Crippen molar-refractivity contribution < 1.29 is 23.1 Å². The van der Waals surface area contributed by atoms with Crippen LogP contribution in [0.1, 0.15) is 5.56 Å². The number of phenolic OH excluding ortho intramolecular Hbond substituents is 1. The smallest absolute Gasteiger partial charge is 0.246 e. The molecule has 0 radical (unpaired) electrons. The van der Waals surface area contributed by atoms with E-state index in [4.69, 9.17) is 4.74 Å². The number of methoxy groups -OCH3 is 1. The lowest BCUT2D eigenvalue weighted by Gasteiger charge is -2.33. The van der Waals surface area contributed by atoms with Gasteiger partial charge in [-0.15, -0.1) is 0 Å². The van der Waals surface area contributed by atoms with Gasteiger partial charge in [-0.05, 0) is 35.9 Å². The summed E-state index contributed by atoms with van der Waals surface area (Å²) in [5, 5.41) is 9.61. The summed E-state index contributed by atoms with van der Waals surface area (Å²) in [5.41, 5.74) is 0.716. The van der Waals surface area contributed by atoms with Gasteiger partial charge in [-0.3, -0.25) is 4.79 Å². The first-order valence-electron chi connectivity index (χ1n) is 8.81. The molecule has 8 heteroatoms. The molecular weight excluding hydrogens is 380 g/mol. The Bertz CT molecular complexity index is 965. The number of sulfonamides is 1. The van der Waals surface area contributed by atoms with Crippen molar-refractivity contribution in [1.82, 2.24) is 9.21 Å². The number of hydrogen-bond acceptors (Lipinski definition) is 5. The van der Waals surface area contributed by atoms with Gasteiger partial charge >= 0.3 is 0 Å². The van der Waals surface area contributed by atoms with Crippen molar-refractivity contribution in [3.05, 3.63) is 60.2 Å². The highest BCUT2D eigenvalue weighted by atomic mass is 32.2. The van der Waals surface area contributed by atoms with E-state index in [1.54, 1.807) is 53.4 Å². The van der Waals surface area contributed by atoms with Crippen LogP contribution in [-0.4, -0.2) is 61.9 Å². The largest absolute Gasteiger partial charge is 0.504 e. The summed E-state index contributed by atoms with van der Waals surface area (Å²) >= 11 is 0. The third-order valence-corrected chi connectivity index (χ3v) is 6.47. The minimum absolute atomic E-state index is 0.0294. The molecule has 2 aromatic carbocycles. The Hall–Kier alpha value is -2.84. The van der Waals surface area contributed by atoms with E-state index < -0.39 is 10.0 Å². The average molecular weight is 402 g/mol. The lowest BCUT2D eigenvalue weighted by atomic mass is 10.2. The lowest BCUT2D eigenvalue weighted by Crippen LogP contribution is -2.50. The molecule has 1 heterocycles. The average Bonchev–Trinajstić information content (AvgIpc) is 2.73. The van der Waals surface area contributed by atoms with E-state index in [2.05, 4.69) is 0 Å². The third-order valence-electron chi connectivity index (χ3n) is 4.55. The second kappa shape index (κ2) is 8.45. The van der Waals surface area contributed by atoms with Crippen LogP contribution >= 0.6 is 0 Å². The zero-order chi connectivity index (χ0) is 20.1. The second-order valence-corrected chi connectivity index (χ2v) is 8.24. The Kier molecular flexibility index (Phi) is 6.01. The molecule has 1 aliphatic rings. The van der Waals surface area contributed by atoms with Gasteiger partial charge in [0.2, 0.25) is 15.9 Å². The standard InChI is InChI=1S/C20H22N2O5S/c1-27-19-15-16(7-9-18(19)23)8-10-20(24)21-11-13-22(14-12-21)28(25,26)17-5-3-2-4-6-17/h2-10,15,23H,11-14H2,1H3/b10-8+. The van der Waals surface area contributed by atoms with E-state index in [0.717, 1.165) is 0 Å². The Morgan fingerprint density at radius 2 is 1.75 bits per heavy atom. The molecule has 1 fully saturated rings. The molecule has 0 atom stereocenters. The van der Waals surface area contributed by atoms with Crippen molar-refractivity contribution in [2.45, 2.75) is 4.90 Å². The summed E-state index contributed by atoms with van der Waals surface area (Å²) in [6, 6.07) is 13.1. The molecule has 148 valence electrons. The normalized spacial score (nSPS) is 15.7. The van der Waals surface area contributed by atoms with E-state index in [-0.39, 0.29) is 29.6 Å². The maximum atomic E-state index is 12.6. The summed E-state index contributed by atoms with van der Waals surface area (Å²) in [7, 11) is -2.08. The summed E-state index contributed by atoms with van der Waals surface area (Å²) < 4.78 is 31.7. The third kappa shape index (κ3) is 4.35. The number of carbonyl (C=O) groups is 1. The minimum Gasteiger partial charge on any atom is -0.504 e. The molecule has 0 saturated carbocycles. The van der Waals surface area contributed by atoms with E-state index in [0.29, 0.717) is 24.4 Å². The lowest BCUT2D eigenvalue weighted by molar-refractivity contribution is -0.127. The van der Waals surface area contributed by atoms with Gasteiger partial charge in [-0.25, -0.2) is 8.42 Å². The van der Waals surface area contributed by atoms with E-state index in [9.17, 15) is 18.3 Å². The molecule has 0 spiro atoms. The highest BCUT2D eigenvalue weighted by Crippen LogP contribution is 2.26. The minimum atomic E-state index is -3.54. The first kappa shape index (κ1) is 19.9. The molecule has 0 aliphatic carbocycles. The molecule has 1 saturated heterocycles. The van der Waals surface area contributed by atoms with Gasteiger partial charge in [0, 0.05) is 32.3 Å². The van der Waals surface area contributed by atoms with Gasteiger partial charge in [-0.1, -0.05) is 24.3 Å². The van der Waals surface area contributed by atoms with Crippen molar-refractivity contribution in [3.8, 4) is 11.5 Å². The number of hydrogen-bond donors (Lipinski definition) is 1. The Morgan fingerprint density at radius 1 is 1.07 bits per heavy atom. The fraction of sp³-hybridized carbons (Fsp3) is 0.250. The van der Waals surface area contributed by atoms with Crippen molar-refractivity contribution >= 4 is 22.0 Å². The van der Waals surface area contributed by atoms with Crippen LogP contribution in [0.2, 0.25) is 0 Å². The molecule has 1 N–H and O–H groups in total. The quantitative estimate of drug-likeness (QED) is 0.773. The zero-order valence-electron chi connectivity index (χ0n) is 15.5. The number of carbonyl (C=O) groups excluding carboxylic acids is 1. The van der Waals surface area contributed by atoms with Crippen molar-refractivity contribution in [2.24, 2.45) is 0 Å². The van der Waals surface area contributed by atoms with Crippen LogP contribution in [0.4, 0.5) is 0 Å². The molecule has 0 aromatic heterocycles. The van der Waals surface area contributed by atoms with E-state index >= 15 is 0 Å². The van der Waals surface area contributed by atoms with Crippen molar-refractivity contribution in [1.29, 1.82) is 0 Å². The fourth-order valence-electron chi connectivity index (χ4n) is 2.96. The first-order valence-corrected chi connectivity index (χ1v) is 10.2. The number of phenols is 1. The zero-order valence-corrected chi connectivity index (χ0v) is 16.3. The number of piperazine rings is 1. The Morgan fingerprint density at radius 3 is 2.39 bits per heavy atom. The number of ether oxygens (including phenoxy) is 1. The van der Waals surface area contributed by atoms with Crippen LogP contribution in [0, 0.1) is 0 Å². The number of nitrogens with zero attached hydrogens (tertiary/aromatic N) is 2. The SMILES string of the molecule is COc1cc(/C=C/C(=O)N2CCN(S(=O)(=O)c3ccccc3)CC2)ccc1O. The van der Waals surface area contributed by atoms with Gasteiger partial charge in [0.25, 0.3) is 0 Å².